The lowest BCUT2D eigenvalue weighted by molar-refractivity contribution is -0.139. The Labute approximate surface area is 196 Å². The van der Waals surface area contributed by atoms with Gasteiger partial charge < -0.3 is 10.2 Å². The van der Waals surface area contributed by atoms with Crippen molar-refractivity contribution < 1.29 is 14.0 Å². The first-order chi connectivity index (χ1) is 16.6. The number of H-pyrrole nitrogens is 1. The van der Waals surface area contributed by atoms with Crippen molar-refractivity contribution in [3.63, 3.8) is 0 Å². The van der Waals surface area contributed by atoms with Crippen molar-refractivity contribution in [3.05, 3.63) is 82.9 Å². The number of fused-ring (bicyclic) bond motifs is 1. The zero-order valence-corrected chi connectivity index (χ0v) is 18.7. The van der Waals surface area contributed by atoms with Gasteiger partial charge in [0.25, 0.3) is 0 Å². The lowest BCUT2D eigenvalue weighted by Crippen LogP contribution is -2.49. The van der Waals surface area contributed by atoms with E-state index in [4.69, 9.17) is 0 Å². The largest absolute Gasteiger partial charge is 0.343 e. The minimum absolute atomic E-state index is 0.107. The molecule has 0 radical (unpaired) electrons. The second-order valence-electron chi connectivity index (χ2n) is 9.70. The molecule has 174 valence electrons. The molecule has 0 bridgehead atoms. The van der Waals surface area contributed by atoms with E-state index in [2.05, 4.69) is 20.7 Å². The van der Waals surface area contributed by atoms with Gasteiger partial charge in [-0.2, -0.15) is 15.4 Å². The molecule has 2 amide bonds. The molecule has 2 heterocycles. The van der Waals surface area contributed by atoms with Crippen molar-refractivity contribution in [1.29, 1.82) is 0 Å². The van der Waals surface area contributed by atoms with Crippen LogP contribution in [0.4, 0.5) is 4.39 Å². The third-order valence-corrected chi connectivity index (χ3v) is 7.33. The molecule has 1 aliphatic heterocycles. The summed E-state index contributed by atoms with van der Waals surface area (Å²) in [5.41, 5.74) is 2.88. The molecular weight excluding hydrogens is 433 g/mol. The fourth-order valence-corrected chi connectivity index (χ4v) is 5.31. The maximum Gasteiger partial charge on any atom is 0.243 e. The number of halogens is 1. The van der Waals surface area contributed by atoms with Crippen molar-refractivity contribution in [1.82, 2.24) is 25.6 Å². The summed E-state index contributed by atoms with van der Waals surface area (Å²) in [5.74, 6) is 0.307. The van der Waals surface area contributed by atoms with Crippen LogP contribution in [0, 0.1) is 17.7 Å². The second-order valence-corrected chi connectivity index (χ2v) is 9.70. The van der Waals surface area contributed by atoms with Crippen LogP contribution in [0.2, 0.25) is 0 Å². The monoisotopic (exact) mass is 459 g/mol. The van der Waals surface area contributed by atoms with Crippen LogP contribution in [0.25, 0.3) is 0 Å². The van der Waals surface area contributed by atoms with Crippen LogP contribution in [0.15, 0.2) is 54.7 Å². The van der Waals surface area contributed by atoms with Crippen LogP contribution in [-0.2, 0) is 16.0 Å². The van der Waals surface area contributed by atoms with Crippen molar-refractivity contribution in [2.75, 3.05) is 6.54 Å². The summed E-state index contributed by atoms with van der Waals surface area (Å²) in [6.07, 6.45) is 4.63. The minimum atomic E-state index is -0.522. The quantitative estimate of drug-likeness (QED) is 0.568. The molecule has 8 heteroatoms. The molecule has 34 heavy (non-hydrogen) atoms. The van der Waals surface area contributed by atoms with Gasteiger partial charge in [0, 0.05) is 6.54 Å². The van der Waals surface area contributed by atoms with Crippen molar-refractivity contribution in [2.24, 2.45) is 11.8 Å². The first-order valence-corrected chi connectivity index (χ1v) is 11.9. The smallest absolute Gasteiger partial charge is 0.243 e. The van der Waals surface area contributed by atoms with E-state index >= 15 is 0 Å². The number of rotatable bonds is 7. The number of hydrogen-bond donors (Lipinski definition) is 2. The van der Waals surface area contributed by atoms with Gasteiger partial charge in [0.05, 0.1) is 24.4 Å². The highest BCUT2D eigenvalue weighted by Gasteiger charge is 2.56. The average Bonchev–Trinajstić information content (AvgIpc) is 3.75. The molecule has 2 aliphatic carbocycles. The topological polar surface area (TPSA) is 91.0 Å². The Morgan fingerprint density at radius 1 is 1.15 bits per heavy atom. The van der Waals surface area contributed by atoms with Crippen molar-refractivity contribution in [2.45, 2.75) is 43.7 Å². The van der Waals surface area contributed by atoms with Crippen molar-refractivity contribution >= 4 is 11.8 Å². The number of likely N-dealkylation sites (tertiary alicyclic amines) is 1. The molecule has 2 N–H and O–H groups in total. The number of amides is 2. The summed E-state index contributed by atoms with van der Waals surface area (Å²) in [6, 6.07) is 13.9. The normalized spacial score (nSPS) is 23.9. The van der Waals surface area contributed by atoms with E-state index in [9.17, 15) is 14.0 Å². The lowest BCUT2D eigenvalue weighted by Gasteiger charge is -2.29. The van der Waals surface area contributed by atoms with Crippen LogP contribution in [0.5, 0.6) is 0 Å². The van der Waals surface area contributed by atoms with E-state index in [1.54, 1.807) is 11.0 Å². The number of benzene rings is 2. The molecule has 3 aromatic rings. The van der Waals surface area contributed by atoms with E-state index in [1.165, 1.54) is 6.20 Å². The molecule has 4 atom stereocenters. The van der Waals surface area contributed by atoms with Gasteiger partial charge in [-0.25, -0.2) is 4.39 Å². The predicted octanol–water partition coefficient (Wildman–Crippen LogP) is 3.12. The van der Waals surface area contributed by atoms with Crippen LogP contribution in [0.3, 0.4) is 0 Å². The maximum atomic E-state index is 14.9. The van der Waals surface area contributed by atoms with Gasteiger partial charge in [-0.05, 0) is 59.8 Å². The molecule has 1 saturated heterocycles. The Balaban J connectivity index is 1.25. The number of aromatic amines is 1. The van der Waals surface area contributed by atoms with E-state index in [0.717, 1.165) is 30.4 Å². The zero-order chi connectivity index (χ0) is 23.2. The first-order valence-electron chi connectivity index (χ1n) is 11.9. The third kappa shape index (κ3) is 3.97. The Bertz CT molecular complexity index is 1210. The SMILES string of the molecule is O=C(NC(c1ccccc1)c1ccc(C2CC2)c(F)c1)C1C2CC2CN1C(=O)Cc1cn[nH]n1. The molecule has 1 aromatic heterocycles. The lowest BCUT2D eigenvalue weighted by atomic mass is 9.96. The van der Waals surface area contributed by atoms with Gasteiger partial charge in [0.1, 0.15) is 11.9 Å². The predicted molar refractivity (Wildman–Crippen MR) is 122 cm³/mol. The van der Waals surface area contributed by atoms with Crippen LogP contribution in [0.1, 0.15) is 53.6 Å². The van der Waals surface area contributed by atoms with Gasteiger partial charge in [0.15, 0.2) is 0 Å². The van der Waals surface area contributed by atoms with Crippen LogP contribution < -0.4 is 5.32 Å². The second kappa shape index (κ2) is 8.34. The molecule has 4 unspecified atom stereocenters. The minimum Gasteiger partial charge on any atom is -0.343 e. The van der Waals surface area contributed by atoms with E-state index < -0.39 is 12.1 Å². The molecule has 6 rings (SSSR count). The third-order valence-electron chi connectivity index (χ3n) is 7.33. The molecule has 3 fully saturated rings. The van der Waals surface area contributed by atoms with Gasteiger partial charge >= 0.3 is 0 Å². The Hall–Kier alpha value is -3.55. The number of piperidine rings is 1. The summed E-state index contributed by atoms with van der Waals surface area (Å²) in [7, 11) is 0. The Morgan fingerprint density at radius 3 is 2.68 bits per heavy atom. The van der Waals surface area contributed by atoms with E-state index in [-0.39, 0.29) is 30.0 Å². The summed E-state index contributed by atoms with van der Waals surface area (Å²) < 4.78 is 14.9. The summed E-state index contributed by atoms with van der Waals surface area (Å²) in [6.45, 7) is 0.583. The molecule has 2 saturated carbocycles. The maximum absolute atomic E-state index is 14.9. The standard InChI is InChI=1S/C26H26FN5O2/c27-22-11-17(8-9-20(22)15-6-7-15)24(16-4-2-1-3-5-16)29-26(34)25-21-10-18(21)14-32(25)23(33)12-19-13-28-31-30-19/h1-5,8-9,11,13,15,18,21,24-25H,6-7,10,12,14H2,(H,29,34)(H,28,30,31). The first kappa shape index (κ1) is 21.0. The molecule has 0 spiro atoms. The van der Waals surface area contributed by atoms with Crippen LogP contribution in [-0.4, -0.2) is 44.7 Å². The van der Waals surface area contributed by atoms with Gasteiger partial charge in [-0.1, -0.05) is 42.5 Å². The summed E-state index contributed by atoms with van der Waals surface area (Å²) in [5, 5.41) is 13.4. The van der Waals surface area contributed by atoms with E-state index in [0.29, 0.717) is 29.6 Å². The fraction of sp³-hybridized carbons (Fsp3) is 0.385. The average molecular weight is 460 g/mol. The summed E-state index contributed by atoms with van der Waals surface area (Å²) >= 11 is 0. The molecular formula is C26H26FN5O2. The summed E-state index contributed by atoms with van der Waals surface area (Å²) in [4.78, 5) is 28.3. The van der Waals surface area contributed by atoms with Gasteiger partial charge in [-0.3, -0.25) is 9.59 Å². The number of nitrogens with zero attached hydrogens (tertiary/aromatic N) is 3. The number of carbonyl (C=O) groups excluding carboxylic acids is 2. The molecule has 3 aliphatic rings. The van der Waals surface area contributed by atoms with Gasteiger partial charge in [0.2, 0.25) is 11.8 Å². The molecule has 7 nitrogen and oxygen atoms in total. The Kier molecular flexibility index (Phi) is 5.16. The highest BCUT2D eigenvalue weighted by Crippen LogP contribution is 2.50. The highest BCUT2D eigenvalue weighted by molar-refractivity contribution is 5.90. The van der Waals surface area contributed by atoms with Crippen LogP contribution >= 0.6 is 0 Å². The number of nitrogens with one attached hydrogen (secondary N) is 2. The Morgan fingerprint density at radius 2 is 1.97 bits per heavy atom. The molecule has 2 aromatic carbocycles. The van der Waals surface area contributed by atoms with Gasteiger partial charge in [-0.15, -0.1) is 0 Å². The number of hydrogen-bond acceptors (Lipinski definition) is 4. The number of aromatic nitrogens is 3. The van der Waals surface area contributed by atoms with E-state index in [1.807, 2.05) is 42.5 Å². The highest BCUT2D eigenvalue weighted by atomic mass is 19.1. The zero-order valence-electron chi connectivity index (χ0n) is 18.7. The number of carbonyl (C=O) groups is 2. The van der Waals surface area contributed by atoms with Crippen molar-refractivity contribution in [3.8, 4) is 0 Å². The fourth-order valence-electron chi connectivity index (χ4n) is 5.31.